The van der Waals surface area contributed by atoms with Crippen LogP contribution in [0.4, 0.5) is 5.82 Å². The van der Waals surface area contributed by atoms with E-state index in [1.807, 2.05) is 6.92 Å². The zero-order chi connectivity index (χ0) is 14.4. The predicted octanol–water partition coefficient (Wildman–Crippen LogP) is 1.01. The van der Waals surface area contributed by atoms with E-state index in [9.17, 15) is 4.79 Å². The molecular weight excluding hydrogens is 254 g/mol. The third kappa shape index (κ3) is 3.66. The maximum absolute atomic E-state index is 11.8. The number of carbonyl (C=O) groups is 1. The number of piperazine rings is 1. The number of hydrogen-bond donors (Lipinski definition) is 2. The van der Waals surface area contributed by atoms with Gasteiger partial charge in [-0.2, -0.15) is 0 Å². The van der Waals surface area contributed by atoms with Gasteiger partial charge in [0.15, 0.2) is 0 Å². The lowest BCUT2D eigenvalue weighted by Crippen LogP contribution is -2.54. The molecule has 2 N–H and O–H groups in total. The number of rotatable bonds is 6. The first-order chi connectivity index (χ1) is 9.74. The second kappa shape index (κ2) is 7.19. The van der Waals surface area contributed by atoms with Crippen molar-refractivity contribution in [2.75, 3.05) is 25.0 Å². The second-order valence-corrected chi connectivity index (χ2v) is 5.01. The average Bonchev–Trinajstić information content (AvgIpc) is 2.47. The molecule has 0 aromatic carbocycles. The highest BCUT2D eigenvalue weighted by molar-refractivity contribution is 5.82. The number of anilines is 1. The van der Waals surface area contributed by atoms with Crippen LogP contribution in [0, 0.1) is 0 Å². The molecule has 1 aromatic rings. The van der Waals surface area contributed by atoms with E-state index < -0.39 is 0 Å². The van der Waals surface area contributed by atoms with E-state index >= 15 is 0 Å². The summed E-state index contributed by atoms with van der Waals surface area (Å²) in [6.07, 6.45) is 5.42. The van der Waals surface area contributed by atoms with E-state index in [2.05, 4.69) is 32.4 Å². The van der Waals surface area contributed by atoms with E-state index in [-0.39, 0.29) is 11.9 Å². The summed E-state index contributed by atoms with van der Waals surface area (Å²) in [4.78, 5) is 22.7. The van der Waals surface area contributed by atoms with Crippen LogP contribution in [0.3, 0.4) is 0 Å². The summed E-state index contributed by atoms with van der Waals surface area (Å²) in [5, 5.41) is 6.11. The standard InChI is InChI=1S/C14H23N5O/c1-3-5-15-13-9-17-11(8-18-13)10-19-7-6-16-14(20)12(19)4-2/h8-9,12H,3-7,10H2,1-2H3,(H,15,18)(H,16,20). The molecule has 1 fully saturated rings. The van der Waals surface area contributed by atoms with Crippen molar-refractivity contribution in [2.24, 2.45) is 0 Å². The fourth-order valence-electron chi connectivity index (χ4n) is 2.38. The number of carbonyl (C=O) groups excluding carboxylic acids is 1. The molecule has 110 valence electrons. The minimum Gasteiger partial charge on any atom is -0.369 e. The zero-order valence-electron chi connectivity index (χ0n) is 12.2. The van der Waals surface area contributed by atoms with Gasteiger partial charge in [0.2, 0.25) is 5.91 Å². The third-order valence-corrected chi connectivity index (χ3v) is 3.45. The molecule has 2 rings (SSSR count). The number of nitrogens with one attached hydrogen (secondary N) is 2. The predicted molar refractivity (Wildman–Crippen MR) is 78.3 cm³/mol. The van der Waals surface area contributed by atoms with Crippen molar-refractivity contribution in [3.05, 3.63) is 18.1 Å². The summed E-state index contributed by atoms with van der Waals surface area (Å²) < 4.78 is 0. The SMILES string of the molecule is CCCNc1cnc(CN2CCNC(=O)C2CC)cn1. The van der Waals surface area contributed by atoms with Gasteiger partial charge in [0.25, 0.3) is 0 Å². The monoisotopic (exact) mass is 277 g/mol. The van der Waals surface area contributed by atoms with Crippen molar-refractivity contribution < 1.29 is 4.79 Å². The average molecular weight is 277 g/mol. The Morgan fingerprint density at radius 2 is 2.25 bits per heavy atom. The number of nitrogens with zero attached hydrogens (tertiary/aromatic N) is 3. The molecule has 1 atom stereocenters. The van der Waals surface area contributed by atoms with Crippen LogP contribution in [-0.4, -0.2) is 46.5 Å². The van der Waals surface area contributed by atoms with Crippen molar-refractivity contribution in [3.8, 4) is 0 Å². The Kier molecular flexibility index (Phi) is 5.29. The van der Waals surface area contributed by atoms with E-state index in [0.29, 0.717) is 13.1 Å². The van der Waals surface area contributed by atoms with Gasteiger partial charge in [-0.3, -0.25) is 14.7 Å². The lowest BCUT2D eigenvalue weighted by molar-refractivity contribution is -0.129. The van der Waals surface area contributed by atoms with E-state index in [0.717, 1.165) is 37.4 Å². The van der Waals surface area contributed by atoms with Crippen LogP contribution in [0.15, 0.2) is 12.4 Å². The molecule has 1 unspecified atom stereocenters. The Bertz CT molecular complexity index is 434. The van der Waals surface area contributed by atoms with Crippen LogP contribution in [-0.2, 0) is 11.3 Å². The summed E-state index contributed by atoms with van der Waals surface area (Å²) in [5.41, 5.74) is 0.903. The molecule has 1 aromatic heterocycles. The Labute approximate surface area is 120 Å². The van der Waals surface area contributed by atoms with Crippen LogP contribution >= 0.6 is 0 Å². The third-order valence-electron chi connectivity index (χ3n) is 3.45. The molecule has 0 bridgehead atoms. The van der Waals surface area contributed by atoms with Gasteiger partial charge in [-0.05, 0) is 12.8 Å². The maximum atomic E-state index is 11.8. The molecule has 2 heterocycles. The Morgan fingerprint density at radius 1 is 1.40 bits per heavy atom. The molecule has 6 heteroatoms. The van der Waals surface area contributed by atoms with Gasteiger partial charge in [-0.25, -0.2) is 4.98 Å². The fourth-order valence-corrected chi connectivity index (χ4v) is 2.38. The fraction of sp³-hybridized carbons (Fsp3) is 0.643. The molecule has 0 spiro atoms. The molecule has 6 nitrogen and oxygen atoms in total. The largest absolute Gasteiger partial charge is 0.369 e. The first-order valence-corrected chi connectivity index (χ1v) is 7.31. The molecule has 0 saturated carbocycles. The van der Waals surface area contributed by atoms with Crippen molar-refractivity contribution in [2.45, 2.75) is 39.3 Å². The van der Waals surface area contributed by atoms with Gasteiger partial charge >= 0.3 is 0 Å². The van der Waals surface area contributed by atoms with Crippen molar-refractivity contribution in [1.29, 1.82) is 0 Å². The van der Waals surface area contributed by atoms with Crippen molar-refractivity contribution in [3.63, 3.8) is 0 Å². The molecule has 1 aliphatic rings. The number of aromatic nitrogens is 2. The first kappa shape index (κ1) is 14.7. The molecule has 20 heavy (non-hydrogen) atoms. The quantitative estimate of drug-likeness (QED) is 0.812. The van der Waals surface area contributed by atoms with Crippen LogP contribution in [0.5, 0.6) is 0 Å². The summed E-state index contributed by atoms with van der Waals surface area (Å²) in [6, 6.07) is -0.0524. The summed E-state index contributed by atoms with van der Waals surface area (Å²) in [7, 11) is 0. The zero-order valence-corrected chi connectivity index (χ0v) is 12.2. The normalized spacial score (nSPS) is 19.7. The second-order valence-electron chi connectivity index (χ2n) is 5.01. The van der Waals surface area contributed by atoms with Gasteiger partial charge in [-0.15, -0.1) is 0 Å². The lowest BCUT2D eigenvalue weighted by Gasteiger charge is -2.34. The van der Waals surface area contributed by atoms with Gasteiger partial charge in [0.05, 0.1) is 24.1 Å². The highest BCUT2D eigenvalue weighted by Crippen LogP contribution is 2.12. The number of hydrogen-bond acceptors (Lipinski definition) is 5. The smallest absolute Gasteiger partial charge is 0.237 e. The molecule has 0 radical (unpaired) electrons. The van der Waals surface area contributed by atoms with Crippen molar-refractivity contribution >= 4 is 11.7 Å². The highest BCUT2D eigenvalue weighted by atomic mass is 16.2. The summed E-state index contributed by atoms with van der Waals surface area (Å²) in [6.45, 7) is 7.29. The van der Waals surface area contributed by atoms with Crippen LogP contribution in [0.1, 0.15) is 32.4 Å². The van der Waals surface area contributed by atoms with Gasteiger partial charge in [0.1, 0.15) is 5.82 Å². The highest BCUT2D eigenvalue weighted by Gasteiger charge is 2.28. The van der Waals surface area contributed by atoms with Gasteiger partial charge in [0, 0.05) is 26.2 Å². The van der Waals surface area contributed by atoms with Gasteiger partial charge < -0.3 is 10.6 Å². The van der Waals surface area contributed by atoms with E-state index in [1.54, 1.807) is 12.4 Å². The van der Waals surface area contributed by atoms with Crippen LogP contribution in [0.2, 0.25) is 0 Å². The first-order valence-electron chi connectivity index (χ1n) is 7.31. The van der Waals surface area contributed by atoms with E-state index in [1.165, 1.54) is 0 Å². The Morgan fingerprint density at radius 3 is 2.90 bits per heavy atom. The summed E-state index contributed by atoms with van der Waals surface area (Å²) >= 11 is 0. The Balaban J connectivity index is 1.96. The Hall–Kier alpha value is -1.69. The van der Waals surface area contributed by atoms with Crippen LogP contribution < -0.4 is 10.6 Å². The molecule has 1 saturated heterocycles. The number of amides is 1. The summed E-state index contributed by atoms with van der Waals surface area (Å²) in [5.74, 6) is 0.923. The van der Waals surface area contributed by atoms with Gasteiger partial charge in [-0.1, -0.05) is 13.8 Å². The van der Waals surface area contributed by atoms with E-state index in [4.69, 9.17) is 0 Å². The molecule has 0 aliphatic carbocycles. The maximum Gasteiger partial charge on any atom is 0.237 e. The minimum atomic E-state index is -0.0524. The molecule has 1 aliphatic heterocycles. The molecular formula is C14H23N5O. The molecule has 1 amide bonds. The lowest BCUT2D eigenvalue weighted by atomic mass is 10.1. The topological polar surface area (TPSA) is 70.2 Å². The minimum absolute atomic E-state index is 0.0524. The van der Waals surface area contributed by atoms with Crippen molar-refractivity contribution in [1.82, 2.24) is 20.2 Å². The van der Waals surface area contributed by atoms with Crippen LogP contribution in [0.25, 0.3) is 0 Å².